The molecule has 0 aliphatic carbocycles. The fourth-order valence-electron chi connectivity index (χ4n) is 2.47. The van der Waals surface area contributed by atoms with Crippen molar-refractivity contribution in [1.29, 1.82) is 0 Å². The molecule has 1 aromatic carbocycles. The van der Waals surface area contributed by atoms with Crippen molar-refractivity contribution in [3.8, 4) is 0 Å². The van der Waals surface area contributed by atoms with E-state index < -0.39 is 11.7 Å². The average molecular weight is 300 g/mol. The molecule has 0 radical (unpaired) electrons. The van der Waals surface area contributed by atoms with E-state index in [1.54, 1.807) is 0 Å². The molecule has 2 N–H and O–H groups in total. The van der Waals surface area contributed by atoms with Crippen LogP contribution in [-0.2, 0) is 17.4 Å². The molecule has 1 aromatic rings. The zero-order chi connectivity index (χ0) is 15.5. The van der Waals surface area contributed by atoms with E-state index in [4.69, 9.17) is 0 Å². The summed E-state index contributed by atoms with van der Waals surface area (Å²) in [4.78, 5) is 11.9. The lowest BCUT2D eigenvalue weighted by Crippen LogP contribution is -2.39. The highest BCUT2D eigenvalue weighted by Crippen LogP contribution is 2.29. The van der Waals surface area contributed by atoms with Gasteiger partial charge < -0.3 is 10.6 Å². The number of hydrogen-bond acceptors (Lipinski definition) is 2. The molecule has 1 amide bonds. The van der Waals surface area contributed by atoms with Crippen molar-refractivity contribution in [2.24, 2.45) is 5.92 Å². The van der Waals surface area contributed by atoms with Crippen LogP contribution in [0.2, 0.25) is 0 Å². The molecule has 0 saturated carbocycles. The Balaban J connectivity index is 1.87. The van der Waals surface area contributed by atoms with Gasteiger partial charge in [0.2, 0.25) is 5.91 Å². The molecule has 2 atom stereocenters. The number of rotatable bonds is 4. The summed E-state index contributed by atoms with van der Waals surface area (Å²) in [5, 5.41) is 6.04. The van der Waals surface area contributed by atoms with E-state index in [1.807, 2.05) is 6.92 Å². The standard InChI is InChI=1S/C15H19F3N2O/c1-10(20-14(21)12-6-7-19-9-12)8-11-2-4-13(5-3-11)15(16,17)18/h2-5,10,12,19H,6-9H2,1H3,(H,20,21). The number of hydrogen-bond donors (Lipinski definition) is 2. The third-order valence-electron chi connectivity index (χ3n) is 3.64. The second-order valence-corrected chi connectivity index (χ2v) is 5.50. The fourth-order valence-corrected chi connectivity index (χ4v) is 2.47. The second-order valence-electron chi connectivity index (χ2n) is 5.50. The Hall–Kier alpha value is -1.56. The minimum absolute atomic E-state index is 0.0000513. The predicted octanol–water partition coefficient (Wildman–Crippen LogP) is 2.36. The number of benzene rings is 1. The lowest BCUT2D eigenvalue weighted by atomic mass is 10.0. The van der Waals surface area contributed by atoms with Crippen LogP contribution in [0, 0.1) is 5.92 Å². The van der Waals surface area contributed by atoms with Crippen molar-refractivity contribution in [3.05, 3.63) is 35.4 Å². The molecule has 21 heavy (non-hydrogen) atoms. The Kier molecular flexibility index (Phi) is 4.88. The Bertz CT molecular complexity index is 479. The van der Waals surface area contributed by atoms with Crippen LogP contribution in [0.25, 0.3) is 0 Å². The quantitative estimate of drug-likeness (QED) is 0.896. The molecule has 1 aliphatic rings. The maximum atomic E-state index is 12.5. The van der Waals surface area contributed by atoms with Crippen molar-refractivity contribution in [2.75, 3.05) is 13.1 Å². The molecular formula is C15H19F3N2O. The summed E-state index contributed by atoms with van der Waals surface area (Å²) < 4.78 is 37.4. The summed E-state index contributed by atoms with van der Waals surface area (Å²) in [6, 6.07) is 4.97. The van der Waals surface area contributed by atoms with Crippen molar-refractivity contribution >= 4 is 5.91 Å². The predicted molar refractivity (Wildman–Crippen MR) is 73.7 cm³/mol. The van der Waals surface area contributed by atoms with E-state index in [1.165, 1.54) is 12.1 Å². The number of amides is 1. The maximum absolute atomic E-state index is 12.5. The van der Waals surface area contributed by atoms with Gasteiger partial charge in [-0.25, -0.2) is 0 Å². The topological polar surface area (TPSA) is 41.1 Å². The summed E-state index contributed by atoms with van der Waals surface area (Å²) in [6.45, 7) is 3.40. The van der Waals surface area contributed by atoms with E-state index in [2.05, 4.69) is 10.6 Å². The van der Waals surface area contributed by atoms with Gasteiger partial charge in [-0.15, -0.1) is 0 Å². The molecular weight excluding hydrogens is 281 g/mol. The average Bonchev–Trinajstić information content (AvgIpc) is 2.92. The van der Waals surface area contributed by atoms with Gasteiger partial charge in [0.05, 0.1) is 11.5 Å². The number of nitrogens with one attached hydrogen (secondary N) is 2. The van der Waals surface area contributed by atoms with E-state index in [0.717, 1.165) is 30.7 Å². The van der Waals surface area contributed by atoms with E-state index in [9.17, 15) is 18.0 Å². The molecule has 6 heteroatoms. The minimum atomic E-state index is -4.31. The maximum Gasteiger partial charge on any atom is 0.416 e. The van der Waals surface area contributed by atoms with E-state index in [-0.39, 0.29) is 17.9 Å². The molecule has 1 aliphatic heterocycles. The molecule has 2 unspecified atom stereocenters. The highest BCUT2D eigenvalue weighted by molar-refractivity contribution is 5.79. The molecule has 1 fully saturated rings. The van der Waals surface area contributed by atoms with Crippen LogP contribution in [0.3, 0.4) is 0 Å². The largest absolute Gasteiger partial charge is 0.416 e. The molecule has 0 spiro atoms. The van der Waals surface area contributed by atoms with Gasteiger partial charge >= 0.3 is 6.18 Å². The smallest absolute Gasteiger partial charge is 0.353 e. The van der Waals surface area contributed by atoms with E-state index >= 15 is 0 Å². The molecule has 3 nitrogen and oxygen atoms in total. The van der Waals surface area contributed by atoms with Crippen molar-refractivity contribution < 1.29 is 18.0 Å². The highest BCUT2D eigenvalue weighted by atomic mass is 19.4. The Morgan fingerprint density at radius 1 is 1.38 bits per heavy atom. The molecule has 0 aromatic heterocycles. The van der Waals surface area contributed by atoms with Gasteiger partial charge in [0.15, 0.2) is 0 Å². The summed E-state index contributed by atoms with van der Waals surface area (Å²) >= 11 is 0. The van der Waals surface area contributed by atoms with Crippen LogP contribution < -0.4 is 10.6 Å². The minimum Gasteiger partial charge on any atom is -0.353 e. The van der Waals surface area contributed by atoms with Crippen LogP contribution in [0.4, 0.5) is 13.2 Å². The third kappa shape index (κ3) is 4.46. The fraction of sp³-hybridized carbons (Fsp3) is 0.533. The van der Waals surface area contributed by atoms with Gasteiger partial charge in [0.25, 0.3) is 0 Å². The zero-order valence-electron chi connectivity index (χ0n) is 11.8. The van der Waals surface area contributed by atoms with Crippen molar-refractivity contribution in [2.45, 2.75) is 32.0 Å². The van der Waals surface area contributed by atoms with Crippen LogP contribution in [-0.4, -0.2) is 25.0 Å². The molecule has 1 saturated heterocycles. The third-order valence-corrected chi connectivity index (χ3v) is 3.64. The Morgan fingerprint density at radius 2 is 2.05 bits per heavy atom. The SMILES string of the molecule is CC(Cc1ccc(C(F)(F)F)cc1)NC(=O)C1CCNC1. The van der Waals surface area contributed by atoms with Crippen LogP contribution in [0.15, 0.2) is 24.3 Å². The van der Waals surface area contributed by atoms with E-state index in [0.29, 0.717) is 13.0 Å². The van der Waals surface area contributed by atoms with Gasteiger partial charge in [-0.1, -0.05) is 12.1 Å². The first-order chi connectivity index (χ1) is 9.86. The first kappa shape index (κ1) is 15.8. The van der Waals surface area contributed by atoms with Gasteiger partial charge in [-0.05, 0) is 44.0 Å². The zero-order valence-corrected chi connectivity index (χ0v) is 11.8. The van der Waals surface area contributed by atoms with Gasteiger partial charge in [-0.2, -0.15) is 13.2 Å². The van der Waals surface area contributed by atoms with Crippen LogP contribution in [0.5, 0.6) is 0 Å². The monoisotopic (exact) mass is 300 g/mol. The summed E-state index contributed by atoms with van der Waals surface area (Å²) in [5.74, 6) is 0.0134. The lowest BCUT2D eigenvalue weighted by Gasteiger charge is -2.17. The van der Waals surface area contributed by atoms with Gasteiger partial charge in [0.1, 0.15) is 0 Å². The van der Waals surface area contributed by atoms with Gasteiger partial charge in [-0.3, -0.25) is 4.79 Å². The number of alkyl halides is 3. The molecule has 0 bridgehead atoms. The highest BCUT2D eigenvalue weighted by Gasteiger charge is 2.30. The number of carbonyl (C=O) groups excluding carboxylic acids is 1. The second kappa shape index (κ2) is 6.47. The number of halogens is 3. The first-order valence-electron chi connectivity index (χ1n) is 7.03. The normalized spacial score (nSPS) is 20.3. The molecule has 1 heterocycles. The summed E-state index contributed by atoms with van der Waals surface area (Å²) in [7, 11) is 0. The Morgan fingerprint density at radius 3 is 2.57 bits per heavy atom. The van der Waals surface area contributed by atoms with Crippen molar-refractivity contribution in [1.82, 2.24) is 10.6 Å². The number of carbonyl (C=O) groups is 1. The Labute approximate surface area is 121 Å². The summed E-state index contributed by atoms with van der Waals surface area (Å²) in [5.41, 5.74) is 0.125. The molecule has 116 valence electrons. The lowest BCUT2D eigenvalue weighted by molar-refractivity contribution is -0.137. The first-order valence-corrected chi connectivity index (χ1v) is 7.03. The van der Waals surface area contributed by atoms with Crippen LogP contribution in [0.1, 0.15) is 24.5 Å². The van der Waals surface area contributed by atoms with Gasteiger partial charge in [0, 0.05) is 12.6 Å². The molecule has 2 rings (SSSR count). The van der Waals surface area contributed by atoms with Crippen LogP contribution >= 0.6 is 0 Å². The summed E-state index contributed by atoms with van der Waals surface area (Å²) in [6.07, 6.45) is -2.96. The van der Waals surface area contributed by atoms with Crippen molar-refractivity contribution in [3.63, 3.8) is 0 Å².